The third kappa shape index (κ3) is 8.86. The van der Waals surface area contributed by atoms with Crippen molar-refractivity contribution in [1.82, 2.24) is 26.2 Å². The number of nitrogens with one attached hydrogen (secondary N) is 4. The van der Waals surface area contributed by atoms with Crippen molar-refractivity contribution < 1.29 is 4.79 Å². The number of carbonyl (C=O) groups excluding carboxylic acids is 1. The smallest absolute Gasteiger partial charge is 0.233 e. The van der Waals surface area contributed by atoms with Crippen molar-refractivity contribution in [1.29, 1.82) is 0 Å². The number of benzene rings is 1. The minimum atomic E-state index is -0.0102. The Bertz CT molecular complexity index is 687. The zero-order valence-electron chi connectivity index (χ0n) is 20.4. The average Bonchev–Trinajstić information content (AvgIpc) is 2.82. The first-order valence-corrected chi connectivity index (χ1v) is 11.7. The van der Waals surface area contributed by atoms with E-state index in [0.29, 0.717) is 12.6 Å². The number of likely N-dealkylation sites (tertiary alicyclic amines) is 1. The highest BCUT2D eigenvalue weighted by Crippen LogP contribution is 2.21. The third-order valence-corrected chi connectivity index (χ3v) is 6.57. The van der Waals surface area contributed by atoms with E-state index in [1.54, 1.807) is 7.05 Å². The predicted molar refractivity (Wildman–Crippen MR) is 145 cm³/mol. The summed E-state index contributed by atoms with van der Waals surface area (Å²) in [7, 11) is 3.52. The second kappa shape index (κ2) is 14.7. The maximum Gasteiger partial charge on any atom is 0.233 e. The number of hydrogen-bond donors (Lipinski definition) is 4. The number of aliphatic imine (C=N–C) groups is 1. The molecular weight excluding hydrogens is 515 g/mol. The molecule has 0 aromatic heterocycles. The molecule has 1 aromatic rings. The maximum absolute atomic E-state index is 11.6. The monoisotopic (exact) mass is 558 g/mol. The van der Waals surface area contributed by atoms with Gasteiger partial charge in [0.25, 0.3) is 0 Å². The summed E-state index contributed by atoms with van der Waals surface area (Å²) in [5.74, 6) is 0.932. The lowest BCUT2D eigenvalue weighted by Gasteiger charge is -2.37. The lowest BCUT2D eigenvalue weighted by Crippen LogP contribution is -2.56. The normalized spacial score (nSPS) is 16.7. The van der Waals surface area contributed by atoms with Gasteiger partial charge in [0.05, 0.1) is 6.54 Å². The van der Waals surface area contributed by atoms with E-state index < -0.39 is 0 Å². The number of guanidine groups is 1. The lowest BCUT2D eigenvalue weighted by molar-refractivity contribution is -0.122. The van der Waals surface area contributed by atoms with E-state index in [-0.39, 0.29) is 41.5 Å². The number of halogens is 1. The minimum Gasteiger partial charge on any atom is -0.358 e. The number of nitrogens with zero attached hydrogens (tertiary/aromatic N) is 2. The molecule has 182 valence electrons. The van der Waals surface area contributed by atoms with Gasteiger partial charge in [-0.05, 0) is 38.2 Å². The van der Waals surface area contributed by atoms with Crippen molar-refractivity contribution in [3.63, 3.8) is 0 Å². The summed E-state index contributed by atoms with van der Waals surface area (Å²) >= 11 is 0. The van der Waals surface area contributed by atoms with Crippen LogP contribution in [-0.4, -0.2) is 68.6 Å². The van der Waals surface area contributed by atoms with E-state index in [0.717, 1.165) is 51.3 Å². The molecule has 0 radical (unpaired) electrons. The van der Waals surface area contributed by atoms with Crippen molar-refractivity contribution in [3.8, 4) is 0 Å². The van der Waals surface area contributed by atoms with Crippen molar-refractivity contribution in [2.24, 2.45) is 4.99 Å². The molecule has 1 atom stereocenters. The van der Waals surface area contributed by atoms with Gasteiger partial charge in [-0.15, -0.1) is 24.0 Å². The highest BCUT2D eigenvalue weighted by atomic mass is 127. The standard InChI is InChI=1S/C24H42N6O.HI/c1-6-24(7-2,29-19(3)20-11-9-8-10-12-20)18-27-23(26-5)28-21-13-15-30(16-14-21)17-22(31)25-4;/h8-12,19,21,29H,6-7,13-18H2,1-5H3,(H,25,31)(H2,26,27,28);1H. The van der Waals surface area contributed by atoms with Crippen LogP contribution in [0.4, 0.5) is 0 Å². The van der Waals surface area contributed by atoms with Gasteiger partial charge in [0.1, 0.15) is 0 Å². The molecule has 1 fully saturated rings. The Morgan fingerprint density at radius 3 is 2.34 bits per heavy atom. The van der Waals surface area contributed by atoms with E-state index in [4.69, 9.17) is 0 Å². The molecule has 8 heteroatoms. The fourth-order valence-corrected chi connectivity index (χ4v) is 4.20. The molecule has 2 rings (SSSR count). The molecule has 1 amide bonds. The van der Waals surface area contributed by atoms with Gasteiger partial charge in [-0.3, -0.25) is 14.7 Å². The molecule has 1 aromatic carbocycles. The van der Waals surface area contributed by atoms with Crippen LogP contribution in [0.1, 0.15) is 58.1 Å². The van der Waals surface area contributed by atoms with Crippen molar-refractivity contribution in [2.45, 2.75) is 64.1 Å². The van der Waals surface area contributed by atoms with Gasteiger partial charge in [0, 0.05) is 51.4 Å². The van der Waals surface area contributed by atoms with Crippen molar-refractivity contribution >= 4 is 35.8 Å². The molecule has 4 N–H and O–H groups in total. The van der Waals surface area contributed by atoms with E-state index in [1.165, 1.54) is 5.56 Å². The van der Waals surface area contributed by atoms with Crippen LogP contribution < -0.4 is 21.3 Å². The number of hydrogen-bond acceptors (Lipinski definition) is 4. The van der Waals surface area contributed by atoms with Crippen LogP contribution in [0.2, 0.25) is 0 Å². The fraction of sp³-hybridized carbons (Fsp3) is 0.667. The molecule has 1 saturated heterocycles. The van der Waals surface area contributed by atoms with Gasteiger partial charge in [-0.2, -0.15) is 0 Å². The summed E-state index contributed by atoms with van der Waals surface area (Å²) in [4.78, 5) is 18.3. The van der Waals surface area contributed by atoms with Gasteiger partial charge in [0.15, 0.2) is 5.96 Å². The highest BCUT2D eigenvalue weighted by Gasteiger charge is 2.29. The zero-order chi connectivity index (χ0) is 22.7. The first kappa shape index (κ1) is 28.6. The second-order valence-electron chi connectivity index (χ2n) is 8.56. The maximum atomic E-state index is 11.6. The molecule has 32 heavy (non-hydrogen) atoms. The minimum absolute atomic E-state index is 0. The Balaban J connectivity index is 0.00000512. The SMILES string of the molecule is CCC(CC)(CNC(=NC)NC1CCN(CC(=O)NC)CC1)NC(C)c1ccccc1.I. The van der Waals surface area contributed by atoms with E-state index in [9.17, 15) is 4.79 Å². The molecule has 1 heterocycles. The van der Waals surface area contributed by atoms with Crippen LogP contribution in [0.25, 0.3) is 0 Å². The van der Waals surface area contributed by atoms with E-state index in [2.05, 4.69) is 82.3 Å². The number of carbonyl (C=O) groups is 1. The molecule has 0 aliphatic carbocycles. The van der Waals surface area contributed by atoms with E-state index in [1.807, 2.05) is 7.05 Å². The summed E-state index contributed by atoms with van der Waals surface area (Å²) < 4.78 is 0. The molecule has 7 nitrogen and oxygen atoms in total. The van der Waals surface area contributed by atoms with Gasteiger partial charge in [0.2, 0.25) is 5.91 Å². The number of amides is 1. The number of rotatable bonds is 10. The molecule has 1 aliphatic heterocycles. The predicted octanol–water partition coefficient (Wildman–Crippen LogP) is 2.89. The topological polar surface area (TPSA) is 80.8 Å². The first-order valence-electron chi connectivity index (χ1n) is 11.7. The molecule has 0 bridgehead atoms. The summed E-state index contributed by atoms with van der Waals surface area (Å²) in [6.07, 6.45) is 4.08. The molecule has 1 aliphatic rings. The van der Waals surface area contributed by atoms with Gasteiger partial charge in [-0.1, -0.05) is 44.2 Å². The van der Waals surface area contributed by atoms with Crippen LogP contribution in [0.3, 0.4) is 0 Å². The van der Waals surface area contributed by atoms with Crippen LogP contribution in [0.5, 0.6) is 0 Å². The zero-order valence-corrected chi connectivity index (χ0v) is 22.7. The molecule has 0 saturated carbocycles. The Labute approximate surface area is 211 Å². The van der Waals surface area contributed by atoms with Crippen LogP contribution >= 0.6 is 24.0 Å². The summed E-state index contributed by atoms with van der Waals surface area (Å²) in [6.45, 7) is 9.86. The Kier molecular flexibility index (Phi) is 13.2. The Morgan fingerprint density at radius 2 is 1.81 bits per heavy atom. The summed E-state index contributed by atoms with van der Waals surface area (Å²) in [6, 6.07) is 11.3. The van der Waals surface area contributed by atoms with Crippen LogP contribution in [0, 0.1) is 0 Å². The van der Waals surface area contributed by atoms with Crippen molar-refractivity contribution in [3.05, 3.63) is 35.9 Å². The summed E-state index contributed by atoms with van der Waals surface area (Å²) in [5, 5.41) is 13.7. The van der Waals surface area contributed by atoms with Gasteiger partial charge >= 0.3 is 0 Å². The molecule has 0 spiro atoms. The van der Waals surface area contributed by atoms with E-state index >= 15 is 0 Å². The first-order chi connectivity index (χ1) is 14.9. The molecule has 1 unspecified atom stereocenters. The quantitative estimate of drug-likeness (QED) is 0.202. The Morgan fingerprint density at radius 1 is 1.19 bits per heavy atom. The van der Waals surface area contributed by atoms with Crippen molar-refractivity contribution in [2.75, 3.05) is 40.3 Å². The van der Waals surface area contributed by atoms with Gasteiger partial charge < -0.3 is 21.3 Å². The molecular formula is C24H43IN6O. The lowest BCUT2D eigenvalue weighted by atomic mass is 9.90. The highest BCUT2D eigenvalue weighted by molar-refractivity contribution is 14.0. The number of likely N-dealkylation sites (N-methyl/N-ethyl adjacent to an activating group) is 1. The largest absolute Gasteiger partial charge is 0.358 e. The van der Waals surface area contributed by atoms with Crippen LogP contribution in [0.15, 0.2) is 35.3 Å². The number of piperidine rings is 1. The Hall–Kier alpha value is -1.39. The summed E-state index contributed by atoms with van der Waals surface area (Å²) in [5.41, 5.74) is 1.30. The van der Waals surface area contributed by atoms with Gasteiger partial charge in [-0.25, -0.2) is 0 Å². The fourth-order valence-electron chi connectivity index (χ4n) is 4.20. The second-order valence-corrected chi connectivity index (χ2v) is 8.56. The third-order valence-electron chi connectivity index (χ3n) is 6.57. The average molecular weight is 559 g/mol. The van der Waals surface area contributed by atoms with Crippen LogP contribution in [-0.2, 0) is 4.79 Å².